The summed E-state index contributed by atoms with van der Waals surface area (Å²) in [6.45, 7) is 0. The lowest BCUT2D eigenvalue weighted by Crippen LogP contribution is -1.93. The maximum atomic E-state index is 5.94. The molecule has 17 heavy (non-hydrogen) atoms. The fraction of sp³-hybridized carbons (Fsp3) is 0. The molecular formula is C13H8ClN3. The maximum Gasteiger partial charge on any atom is 0.182 e. The average Bonchev–Trinajstić information content (AvgIpc) is 2.38. The summed E-state index contributed by atoms with van der Waals surface area (Å²) in [4.78, 5) is 4.45. The van der Waals surface area contributed by atoms with Crippen LogP contribution in [0.1, 0.15) is 0 Å². The number of hydrogen-bond acceptors (Lipinski definition) is 3. The molecule has 0 saturated heterocycles. The zero-order valence-electron chi connectivity index (χ0n) is 8.84. The van der Waals surface area contributed by atoms with Crippen LogP contribution in [0.3, 0.4) is 0 Å². The minimum Gasteiger partial charge on any atom is -0.225 e. The van der Waals surface area contributed by atoms with E-state index in [1.807, 2.05) is 48.5 Å². The van der Waals surface area contributed by atoms with Crippen molar-refractivity contribution in [1.82, 2.24) is 15.2 Å². The fourth-order valence-corrected chi connectivity index (χ4v) is 1.82. The summed E-state index contributed by atoms with van der Waals surface area (Å²) in [6.07, 6.45) is 0. The molecule has 2 aromatic carbocycles. The minimum atomic E-state index is 0.589. The predicted octanol–water partition coefficient (Wildman–Crippen LogP) is 3.35. The fourth-order valence-electron chi connectivity index (χ4n) is 1.63. The molecular weight excluding hydrogens is 234 g/mol. The van der Waals surface area contributed by atoms with E-state index in [4.69, 9.17) is 11.6 Å². The van der Waals surface area contributed by atoms with Crippen LogP contribution >= 0.6 is 11.6 Å². The van der Waals surface area contributed by atoms with Gasteiger partial charge in [0.2, 0.25) is 0 Å². The number of fused-ring (bicyclic) bond motifs is 1. The summed E-state index contributed by atoms with van der Waals surface area (Å²) >= 11 is 5.94. The Bertz CT molecular complexity index is 682. The molecule has 3 aromatic rings. The molecule has 3 nitrogen and oxygen atoms in total. The summed E-state index contributed by atoms with van der Waals surface area (Å²) in [6, 6.07) is 15.1. The van der Waals surface area contributed by atoms with E-state index >= 15 is 0 Å². The molecule has 0 N–H and O–H groups in total. The second kappa shape index (κ2) is 4.11. The predicted molar refractivity (Wildman–Crippen MR) is 67.8 cm³/mol. The smallest absolute Gasteiger partial charge is 0.182 e. The molecule has 0 aliphatic carbocycles. The second-order valence-corrected chi connectivity index (χ2v) is 4.07. The number of hydrogen-bond donors (Lipinski definition) is 0. The zero-order chi connectivity index (χ0) is 11.7. The number of benzene rings is 2. The van der Waals surface area contributed by atoms with Gasteiger partial charge < -0.3 is 0 Å². The third kappa shape index (κ3) is 1.97. The van der Waals surface area contributed by atoms with E-state index in [1.165, 1.54) is 0 Å². The Morgan fingerprint density at radius 1 is 0.824 bits per heavy atom. The molecule has 4 heteroatoms. The topological polar surface area (TPSA) is 38.7 Å². The number of nitrogens with zero attached hydrogens (tertiary/aromatic N) is 3. The molecule has 0 unspecified atom stereocenters. The standard InChI is InChI=1S/C13H8ClN3/c14-10-5-3-4-9(8-10)13-15-11-6-1-2-7-12(11)16-17-13/h1-8H. The monoisotopic (exact) mass is 241 g/mol. The van der Waals surface area contributed by atoms with Crippen LogP contribution in [-0.4, -0.2) is 15.2 Å². The highest BCUT2D eigenvalue weighted by Crippen LogP contribution is 2.20. The quantitative estimate of drug-likeness (QED) is 0.656. The van der Waals surface area contributed by atoms with Crippen molar-refractivity contribution in [2.75, 3.05) is 0 Å². The van der Waals surface area contributed by atoms with Crippen molar-refractivity contribution in [3.05, 3.63) is 53.6 Å². The summed E-state index contributed by atoms with van der Waals surface area (Å²) < 4.78 is 0. The van der Waals surface area contributed by atoms with E-state index in [1.54, 1.807) is 0 Å². The first-order valence-corrected chi connectivity index (χ1v) is 5.56. The van der Waals surface area contributed by atoms with Gasteiger partial charge in [-0.15, -0.1) is 10.2 Å². The third-order valence-corrected chi connectivity index (χ3v) is 2.68. The van der Waals surface area contributed by atoms with E-state index in [9.17, 15) is 0 Å². The van der Waals surface area contributed by atoms with Gasteiger partial charge in [-0.2, -0.15) is 0 Å². The van der Waals surface area contributed by atoms with Crippen molar-refractivity contribution in [3.8, 4) is 11.4 Å². The van der Waals surface area contributed by atoms with Crippen LogP contribution < -0.4 is 0 Å². The van der Waals surface area contributed by atoms with Gasteiger partial charge in [-0.3, -0.25) is 0 Å². The first-order chi connectivity index (χ1) is 8.33. The molecule has 0 fully saturated rings. The summed E-state index contributed by atoms with van der Waals surface area (Å²) in [5.74, 6) is 0.589. The van der Waals surface area contributed by atoms with Crippen molar-refractivity contribution in [2.45, 2.75) is 0 Å². The van der Waals surface area contributed by atoms with E-state index in [0.29, 0.717) is 10.8 Å². The largest absolute Gasteiger partial charge is 0.225 e. The molecule has 3 rings (SSSR count). The van der Waals surface area contributed by atoms with E-state index in [2.05, 4.69) is 15.2 Å². The first-order valence-electron chi connectivity index (χ1n) is 5.18. The molecule has 0 radical (unpaired) electrons. The molecule has 0 amide bonds. The minimum absolute atomic E-state index is 0.589. The highest BCUT2D eigenvalue weighted by molar-refractivity contribution is 6.30. The van der Waals surface area contributed by atoms with Gasteiger partial charge in [-0.25, -0.2) is 4.98 Å². The first kappa shape index (κ1) is 10.2. The van der Waals surface area contributed by atoms with Gasteiger partial charge in [0.15, 0.2) is 5.82 Å². The van der Waals surface area contributed by atoms with E-state index in [0.717, 1.165) is 16.6 Å². The molecule has 82 valence electrons. The highest BCUT2D eigenvalue weighted by Gasteiger charge is 2.04. The van der Waals surface area contributed by atoms with Crippen molar-refractivity contribution >= 4 is 22.6 Å². The Labute approximate surface area is 103 Å². The zero-order valence-corrected chi connectivity index (χ0v) is 9.59. The number of rotatable bonds is 1. The van der Waals surface area contributed by atoms with Crippen LogP contribution in [0.15, 0.2) is 48.5 Å². The normalized spacial score (nSPS) is 10.6. The number of aromatic nitrogens is 3. The van der Waals surface area contributed by atoms with Crippen molar-refractivity contribution in [1.29, 1.82) is 0 Å². The van der Waals surface area contributed by atoms with Crippen LogP contribution in [-0.2, 0) is 0 Å². The molecule has 0 bridgehead atoms. The van der Waals surface area contributed by atoms with Gasteiger partial charge in [0.05, 0.1) is 5.52 Å². The molecule has 0 aliphatic rings. The van der Waals surface area contributed by atoms with Crippen LogP contribution in [0.5, 0.6) is 0 Å². The molecule has 0 saturated carbocycles. The van der Waals surface area contributed by atoms with Crippen LogP contribution in [0, 0.1) is 0 Å². The van der Waals surface area contributed by atoms with Gasteiger partial charge in [-0.05, 0) is 24.3 Å². The Kier molecular flexibility index (Phi) is 2.46. The average molecular weight is 242 g/mol. The SMILES string of the molecule is Clc1cccc(-c2nnc3ccccc3n2)c1. The second-order valence-electron chi connectivity index (χ2n) is 3.63. The van der Waals surface area contributed by atoms with Crippen LogP contribution in [0.2, 0.25) is 5.02 Å². The molecule has 1 heterocycles. The Balaban J connectivity index is 2.18. The Morgan fingerprint density at radius 3 is 2.47 bits per heavy atom. The van der Waals surface area contributed by atoms with Crippen LogP contribution in [0.25, 0.3) is 22.4 Å². The van der Waals surface area contributed by atoms with Gasteiger partial charge in [-0.1, -0.05) is 35.9 Å². The van der Waals surface area contributed by atoms with Crippen molar-refractivity contribution in [2.24, 2.45) is 0 Å². The number of para-hydroxylation sites is 1. The van der Waals surface area contributed by atoms with Gasteiger partial charge >= 0.3 is 0 Å². The van der Waals surface area contributed by atoms with Gasteiger partial charge in [0.1, 0.15) is 5.52 Å². The molecule has 0 spiro atoms. The van der Waals surface area contributed by atoms with Crippen molar-refractivity contribution in [3.63, 3.8) is 0 Å². The van der Waals surface area contributed by atoms with Gasteiger partial charge in [0.25, 0.3) is 0 Å². The number of halogens is 1. The Morgan fingerprint density at radius 2 is 1.65 bits per heavy atom. The highest BCUT2D eigenvalue weighted by atomic mass is 35.5. The maximum absolute atomic E-state index is 5.94. The lowest BCUT2D eigenvalue weighted by atomic mass is 10.2. The van der Waals surface area contributed by atoms with E-state index in [-0.39, 0.29) is 0 Å². The third-order valence-electron chi connectivity index (χ3n) is 2.44. The summed E-state index contributed by atoms with van der Waals surface area (Å²) in [7, 11) is 0. The van der Waals surface area contributed by atoms with Crippen molar-refractivity contribution < 1.29 is 0 Å². The lowest BCUT2D eigenvalue weighted by Gasteiger charge is -2.01. The molecule has 0 atom stereocenters. The molecule has 1 aromatic heterocycles. The summed E-state index contributed by atoms with van der Waals surface area (Å²) in [5, 5.41) is 8.90. The molecule has 0 aliphatic heterocycles. The van der Waals surface area contributed by atoms with Crippen LogP contribution in [0.4, 0.5) is 0 Å². The van der Waals surface area contributed by atoms with E-state index < -0.39 is 0 Å². The van der Waals surface area contributed by atoms with Gasteiger partial charge in [0, 0.05) is 10.6 Å². The Hall–Kier alpha value is -2.00. The summed E-state index contributed by atoms with van der Waals surface area (Å²) in [5.41, 5.74) is 2.49. The lowest BCUT2D eigenvalue weighted by molar-refractivity contribution is 1.03.